The van der Waals surface area contributed by atoms with Crippen LogP contribution in [0.4, 0.5) is 4.39 Å². The Balaban J connectivity index is 1.92. The molecular formula is C16H24FNO2. The van der Waals surface area contributed by atoms with Gasteiger partial charge in [0.15, 0.2) is 0 Å². The first-order valence-electron chi connectivity index (χ1n) is 7.35. The molecule has 0 spiro atoms. The van der Waals surface area contributed by atoms with Gasteiger partial charge in [-0.25, -0.2) is 4.39 Å². The molecule has 1 saturated heterocycles. The van der Waals surface area contributed by atoms with E-state index in [1.165, 1.54) is 12.1 Å². The van der Waals surface area contributed by atoms with Gasteiger partial charge in [-0.3, -0.25) is 4.90 Å². The van der Waals surface area contributed by atoms with E-state index in [0.717, 1.165) is 24.9 Å². The van der Waals surface area contributed by atoms with Crippen molar-refractivity contribution in [1.29, 1.82) is 0 Å². The normalized spacial score (nSPS) is 21.6. The first-order valence-corrected chi connectivity index (χ1v) is 7.35. The maximum absolute atomic E-state index is 13.0. The number of hydrogen-bond donors (Lipinski definition) is 1. The Morgan fingerprint density at radius 1 is 1.35 bits per heavy atom. The zero-order valence-corrected chi connectivity index (χ0v) is 12.3. The Labute approximate surface area is 120 Å². The van der Waals surface area contributed by atoms with Gasteiger partial charge in [0, 0.05) is 12.6 Å². The summed E-state index contributed by atoms with van der Waals surface area (Å²) in [4.78, 5) is 2.27. The van der Waals surface area contributed by atoms with Gasteiger partial charge in [0.2, 0.25) is 0 Å². The maximum atomic E-state index is 13.0. The second-order valence-electron chi connectivity index (χ2n) is 5.74. The van der Waals surface area contributed by atoms with Crippen molar-refractivity contribution in [3.8, 4) is 0 Å². The van der Waals surface area contributed by atoms with Crippen molar-refractivity contribution in [3.63, 3.8) is 0 Å². The average molecular weight is 281 g/mol. The number of β-amino-alcohol motifs (C(OH)–C–C–N with tert-alkyl or cyclic N) is 1. The van der Waals surface area contributed by atoms with Crippen LogP contribution in [0.3, 0.4) is 0 Å². The van der Waals surface area contributed by atoms with Crippen LogP contribution in [0.25, 0.3) is 0 Å². The number of likely N-dealkylation sites (tertiary alicyclic amines) is 1. The minimum absolute atomic E-state index is 0.135. The van der Waals surface area contributed by atoms with E-state index in [9.17, 15) is 9.50 Å². The van der Waals surface area contributed by atoms with Crippen molar-refractivity contribution in [3.05, 3.63) is 35.6 Å². The molecule has 112 valence electrons. The van der Waals surface area contributed by atoms with Crippen LogP contribution in [0.1, 0.15) is 38.3 Å². The maximum Gasteiger partial charge on any atom is 0.123 e. The lowest BCUT2D eigenvalue weighted by molar-refractivity contribution is -0.0101. The zero-order valence-electron chi connectivity index (χ0n) is 12.3. The summed E-state index contributed by atoms with van der Waals surface area (Å²) in [6.45, 7) is 5.87. The van der Waals surface area contributed by atoms with Crippen LogP contribution in [0.5, 0.6) is 0 Å². The van der Waals surface area contributed by atoms with Crippen LogP contribution >= 0.6 is 0 Å². The number of rotatable bonds is 6. The fourth-order valence-electron chi connectivity index (χ4n) is 2.73. The summed E-state index contributed by atoms with van der Waals surface area (Å²) in [5.74, 6) is -0.205. The van der Waals surface area contributed by atoms with Crippen LogP contribution in [-0.2, 0) is 4.74 Å². The van der Waals surface area contributed by atoms with Crippen LogP contribution in [0.2, 0.25) is 0 Å². The third kappa shape index (κ3) is 4.27. The molecule has 0 saturated carbocycles. The lowest BCUT2D eigenvalue weighted by Crippen LogP contribution is -2.35. The highest BCUT2D eigenvalue weighted by atomic mass is 19.1. The number of aliphatic hydroxyl groups excluding tert-OH is 1. The summed E-state index contributed by atoms with van der Waals surface area (Å²) >= 11 is 0. The second-order valence-corrected chi connectivity index (χ2v) is 5.74. The number of nitrogens with zero attached hydrogens (tertiary/aromatic N) is 1. The molecular weight excluding hydrogens is 257 g/mol. The van der Waals surface area contributed by atoms with E-state index in [1.807, 2.05) is 26.0 Å². The van der Waals surface area contributed by atoms with Gasteiger partial charge < -0.3 is 9.84 Å². The minimum Gasteiger partial charge on any atom is -0.389 e. The van der Waals surface area contributed by atoms with Gasteiger partial charge in [0.05, 0.1) is 18.8 Å². The summed E-state index contributed by atoms with van der Waals surface area (Å²) in [5.41, 5.74) is 1.13. The predicted octanol–water partition coefficient (Wildman–Crippen LogP) is 2.75. The number of hydrogen-bond acceptors (Lipinski definition) is 3. The van der Waals surface area contributed by atoms with Crippen molar-refractivity contribution in [2.75, 3.05) is 19.7 Å². The first kappa shape index (κ1) is 15.4. The van der Waals surface area contributed by atoms with Crippen LogP contribution in [0.15, 0.2) is 24.3 Å². The molecule has 1 heterocycles. The number of ether oxygens (including phenoxy) is 1. The Hall–Kier alpha value is -0.970. The highest BCUT2D eigenvalue weighted by molar-refractivity contribution is 5.21. The molecule has 2 rings (SSSR count). The van der Waals surface area contributed by atoms with Gasteiger partial charge in [-0.15, -0.1) is 0 Å². The van der Waals surface area contributed by atoms with Crippen LogP contribution in [0, 0.1) is 5.82 Å². The molecule has 1 aromatic rings. The molecule has 4 heteroatoms. The lowest BCUT2D eigenvalue weighted by atomic mass is 10.0. The molecule has 0 radical (unpaired) electrons. The van der Waals surface area contributed by atoms with E-state index >= 15 is 0 Å². The summed E-state index contributed by atoms with van der Waals surface area (Å²) < 4.78 is 18.4. The van der Waals surface area contributed by atoms with E-state index in [2.05, 4.69) is 4.90 Å². The summed E-state index contributed by atoms with van der Waals surface area (Å²) in [6.07, 6.45) is 1.83. The van der Waals surface area contributed by atoms with Gasteiger partial charge in [-0.2, -0.15) is 0 Å². The van der Waals surface area contributed by atoms with Crippen molar-refractivity contribution in [1.82, 2.24) is 4.90 Å². The molecule has 0 bridgehead atoms. The van der Waals surface area contributed by atoms with E-state index in [-0.39, 0.29) is 18.0 Å². The van der Waals surface area contributed by atoms with Crippen molar-refractivity contribution in [2.45, 2.75) is 44.9 Å². The van der Waals surface area contributed by atoms with Gasteiger partial charge in [-0.05, 0) is 50.9 Å². The van der Waals surface area contributed by atoms with Gasteiger partial charge in [0.1, 0.15) is 5.82 Å². The van der Waals surface area contributed by atoms with Crippen LogP contribution in [-0.4, -0.2) is 41.9 Å². The standard InChI is InChI=1S/C16H24FNO2/c1-12(2)20-11-15(19)10-18-9-3-4-16(18)13-5-7-14(17)8-6-13/h5-8,12,15-16,19H,3-4,9-11H2,1-2H3. The lowest BCUT2D eigenvalue weighted by Gasteiger charge is -2.27. The summed E-state index contributed by atoms with van der Waals surface area (Å²) in [5, 5.41) is 10.0. The third-order valence-corrected chi connectivity index (χ3v) is 3.69. The third-order valence-electron chi connectivity index (χ3n) is 3.69. The topological polar surface area (TPSA) is 32.7 Å². The monoisotopic (exact) mass is 281 g/mol. The molecule has 20 heavy (non-hydrogen) atoms. The quantitative estimate of drug-likeness (QED) is 0.870. The Kier molecular flexibility index (Phi) is 5.52. The molecule has 0 aromatic heterocycles. The Morgan fingerprint density at radius 2 is 2.05 bits per heavy atom. The molecule has 0 amide bonds. The van der Waals surface area contributed by atoms with Gasteiger partial charge >= 0.3 is 0 Å². The molecule has 3 nitrogen and oxygen atoms in total. The Morgan fingerprint density at radius 3 is 2.70 bits per heavy atom. The number of benzene rings is 1. The number of aliphatic hydroxyl groups is 1. The molecule has 0 aliphatic carbocycles. The molecule has 1 aliphatic rings. The molecule has 1 aliphatic heterocycles. The molecule has 1 fully saturated rings. The highest BCUT2D eigenvalue weighted by Gasteiger charge is 2.27. The zero-order chi connectivity index (χ0) is 14.5. The fourth-order valence-corrected chi connectivity index (χ4v) is 2.73. The van der Waals surface area contributed by atoms with Crippen LogP contribution < -0.4 is 0 Å². The fraction of sp³-hybridized carbons (Fsp3) is 0.625. The minimum atomic E-state index is -0.474. The van der Waals surface area contributed by atoms with E-state index in [0.29, 0.717) is 13.2 Å². The Bertz CT molecular complexity index is 407. The summed E-state index contributed by atoms with van der Waals surface area (Å²) in [7, 11) is 0. The summed E-state index contributed by atoms with van der Waals surface area (Å²) in [6, 6.07) is 6.98. The van der Waals surface area contributed by atoms with Crippen molar-refractivity contribution < 1.29 is 14.2 Å². The molecule has 2 unspecified atom stereocenters. The molecule has 2 atom stereocenters. The van der Waals surface area contributed by atoms with Crippen molar-refractivity contribution >= 4 is 0 Å². The predicted molar refractivity (Wildman–Crippen MR) is 77.0 cm³/mol. The van der Waals surface area contributed by atoms with Gasteiger partial charge in [-0.1, -0.05) is 12.1 Å². The molecule has 1 N–H and O–H groups in total. The SMILES string of the molecule is CC(C)OCC(O)CN1CCCC1c1ccc(F)cc1. The highest BCUT2D eigenvalue weighted by Crippen LogP contribution is 2.31. The number of halogens is 1. The molecule has 1 aromatic carbocycles. The first-order chi connectivity index (χ1) is 9.56. The largest absolute Gasteiger partial charge is 0.389 e. The van der Waals surface area contributed by atoms with E-state index in [4.69, 9.17) is 4.74 Å². The van der Waals surface area contributed by atoms with Crippen molar-refractivity contribution in [2.24, 2.45) is 0 Å². The smallest absolute Gasteiger partial charge is 0.123 e. The van der Waals surface area contributed by atoms with Gasteiger partial charge in [0.25, 0.3) is 0 Å². The van der Waals surface area contributed by atoms with E-state index in [1.54, 1.807) is 0 Å². The second kappa shape index (κ2) is 7.16. The van der Waals surface area contributed by atoms with E-state index < -0.39 is 6.10 Å². The average Bonchev–Trinajstić information content (AvgIpc) is 2.85.